The molecule has 1 heteroatoms. The smallest absolute Gasteiger partial charge is 0.0306 e. The van der Waals surface area contributed by atoms with Crippen LogP contribution in [0, 0.1) is 5.25 Å². The number of hydrogen-bond acceptors (Lipinski definition) is 1. The molecule has 0 heterocycles. The van der Waals surface area contributed by atoms with Crippen molar-refractivity contribution in [3.8, 4) is 0 Å². The quantitative estimate of drug-likeness (QED) is 0.532. The molecule has 1 saturated carbocycles. The third-order valence-electron chi connectivity index (χ3n) is 1.26. The predicted molar refractivity (Wildman–Crippen MR) is 35.2 cm³/mol. The Hall–Kier alpha value is 0.350. The van der Waals surface area contributed by atoms with Crippen LogP contribution in [0.25, 0.3) is 0 Å². The highest BCUT2D eigenvalue weighted by atomic mass is 32.2. The molecule has 1 rings (SSSR count). The molecule has 1 fully saturated rings. The van der Waals surface area contributed by atoms with E-state index >= 15 is 0 Å². The third-order valence-corrected chi connectivity index (χ3v) is 2.36. The van der Waals surface area contributed by atoms with E-state index in [1.54, 1.807) is 5.25 Å². The molecule has 0 unspecified atom stereocenters. The van der Waals surface area contributed by atoms with Crippen LogP contribution < -0.4 is 0 Å². The Morgan fingerprint density at radius 3 is 2.43 bits per heavy atom. The molecule has 0 nitrogen and oxygen atoms in total. The highest BCUT2D eigenvalue weighted by Crippen LogP contribution is 2.38. The topological polar surface area (TPSA) is 0 Å². The van der Waals surface area contributed by atoms with Gasteiger partial charge >= 0.3 is 0 Å². The highest BCUT2D eigenvalue weighted by Gasteiger charge is 2.16. The molecular formula is C6H11S. The Balaban J connectivity index is 1.93. The summed E-state index contributed by atoms with van der Waals surface area (Å²) in [7, 11) is 0. The standard InChI is InChI=1S/C6H11S/c1-2-7-6-4-3-5-6/h2-5H2,1H3. The van der Waals surface area contributed by atoms with Crippen LogP contribution in [-0.2, 0) is 0 Å². The van der Waals surface area contributed by atoms with Gasteiger partial charge in [-0.05, 0) is 18.6 Å². The van der Waals surface area contributed by atoms with Crippen LogP contribution in [0.1, 0.15) is 26.2 Å². The normalized spacial score (nSPS) is 21.9. The average Bonchev–Trinajstić information content (AvgIpc) is 1.55. The maximum atomic E-state index is 2.22. The van der Waals surface area contributed by atoms with Crippen molar-refractivity contribution in [3.63, 3.8) is 0 Å². The number of thioether (sulfide) groups is 1. The largest absolute Gasteiger partial charge is 0.154 e. The van der Waals surface area contributed by atoms with Crippen LogP contribution >= 0.6 is 11.8 Å². The van der Waals surface area contributed by atoms with E-state index in [9.17, 15) is 0 Å². The lowest BCUT2D eigenvalue weighted by atomic mass is 10.0. The number of rotatable bonds is 2. The molecular weight excluding hydrogens is 104 g/mol. The molecule has 41 valence electrons. The average molecular weight is 115 g/mol. The van der Waals surface area contributed by atoms with Gasteiger partial charge in [0.2, 0.25) is 0 Å². The molecule has 1 aliphatic carbocycles. The van der Waals surface area contributed by atoms with Gasteiger partial charge in [0.1, 0.15) is 0 Å². The van der Waals surface area contributed by atoms with Gasteiger partial charge in [0.15, 0.2) is 0 Å². The fraction of sp³-hybridized carbons (Fsp3) is 0.833. The molecule has 0 amide bonds. The van der Waals surface area contributed by atoms with Gasteiger partial charge in [-0.25, -0.2) is 0 Å². The lowest BCUT2D eigenvalue weighted by Gasteiger charge is -2.22. The van der Waals surface area contributed by atoms with Gasteiger partial charge in [-0.2, -0.15) is 11.8 Å². The first-order valence-corrected chi connectivity index (χ1v) is 3.89. The predicted octanol–water partition coefficient (Wildman–Crippen LogP) is 2.46. The van der Waals surface area contributed by atoms with Crippen molar-refractivity contribution in [1.82, 2.24) is 0 Å². The molecule has 0 aromatic heterocycles. The summed E-state index contributed by atoms with van der Waals surface area (Å²) in [6.45, 7) is 2.22. The van der Waals surface area contributed by atoms with Gasteiger partial charge in [-0.15, -0.1) is 0 Å². The molecule has 7 heavy (non-hydrogen) atoms. The van der Waals surface area contributed by atoms with E-state index in [-0.39, 0.29) is 0 Å². The first-order chi connectivity index (χ1) is 3.43. The van der Waals surface area contributed by atoms with Gasteiger partial charge in [-0.3, -0.25) is 0 Å². The molecule has 0 aromatic rings. The minimum atomic E-state index is 1.27. The summed E-state index contributed by atoms with van der Waals surface area (Å²) in [6.07, 6.45) is 4.25. The summed E-state index contributed by atoms with van der Waals surface area (Å²) in [5.41, 5.74) is 0. The van der Waals surface area contributed by atoms with E-state index in [4.69, 9.17) is 0 Å². The Kier molecular flexibility index (Phi) is 2.04. The Bertz CT molecular complexity index is 48.1. The van der Waals surface area contributed by atoms with Crippen LogP contribution in [0.5, 0.6) is 0 Å². The summed E-state index contributed by atoms with van der Waals surface area (Å²) < 4.78 is 0. The minimum absolute atomic E-state index is 1.27. The first-order valence-electron chi connectivity index (χ1n) is 2.91. The Morgan fingerprint density at radius 1 is 1.57 bits per heavy atom. The molecule has 1 aliphatic rings. The summed E-state index contributed by atoms with van der Waals surface area (Å²) >= 11 is 2.03. The fourth-order valence-electron chi connectivity index (χ4n) is 0.670. The van der Waals surface area contributed by atoms with Gasteiger partial charge < -0.3 is 0 Å². The monoisotopic (exact) mass is 115 g/mol. The molecule has 1 radical (unpaired) electrons. The first kappa shape index (κ1) is 5.49. The van der Waals surface area contributed by atoms with Crippen molar-refractivity contribution in [3.05, 3.63) is 5.25 Å². The number of hydrogen-bond donors (Lipinski definition) is 0. The van der Waals surface area contributed by atoms with E-state index in [1.165, 1.54) is 25.0 Å². The van der Waals surface area contributed by atoms with E-state index < -0.39 is 0 Å². The fourth-order valence-corrected chi connectivity index (χ4v) is 1.66. The summed E-state index contributed by atoms with van der Waals surface area (Å²) in [6, 6.07) is 0. The maximum absolute atomic E-state index is 2.22. The zero-order valence-electron chi connectivity index (χ0n) is 4.74. The summed E-state index contributed by atoms with van der Waals surface area (Å²) in [5.74, 6) is 1.27. The van der Waals surface area contributed by atoms with Crippen molar-refractivity contribution >= 4 is 11.8 Å². The van der Waals surface area contributed by atoms with E-state index in [0.29, 0.717) is 0 Å². The van der Waals surface area contributed by atoms with Gasteiger partial charge in [0.25, 0.3) is 0 Å². The van der Waals surface area contributed by atoms with E-state index in [0.717, 1.165) is 0 Å². The summed E-state index contributed by atoms with van der Waals surface area (Å²) in [4.78, 5) is 0. The summed E-state index contributed by atoms with van der Waals surface area (Å²) in [5, 5.41) is 1.72. The van der Waals surface area contributed by atoms with E-state index in [2.05, 4.69) is 6.92 Å². The van der Waals surface area contributed by atoms with Crippen LogP contribution in [0.15, 0.2) is 0 Å². The second kappa shape index (κ2) is 2.61. The zero-order chi connectivity index (χ0) is 5.11. The second-order valence-electron chi connectivity index (χ2n) is 1.83. The molecule has 0 aromatic carbocycles. The van der Waals surface area contributed by atoms with E-state index in [1.807, 2.05) is 11.8 Å². The maximum Gasteiger partial charge on any atom is 0.0306 e. The molecule has 0 aliphatic heterocycles. The van der Waals surface area contributed by atoms with Crippen molar-refractivity contribution in [2.24, 2.45) is 0 Å². The zero-order valence-corrected chi connectivity index (χ0v) is 5.55. The molecule has 0 N–H and O–H groups in total. The van der Waals surface area contributed by atoms with Crippen LogP contribution in [0.2, 0.25) is 0 Å². The SMILES string of the molecule is CCS[C]1CCC1. The minimum Gasteiger partial charge on any atom is -0.154 e. The van der Waals surface area contributed by atoms with Gasteiger partial charge in [0.05, 0.1) is 0 Å². The Labute approximate surface area is 49.7 Å². The van der Waals surface area contributed by atoms with Crippen molar-refractivity contribution in [1.29, 1.82) is 0 Å². The Morgan fingerprint density at radius 2 is 2.29 bits per heavy atom. The third kappa shape index (κ3) is 1.37. The van der Waals surface area contributed by atoms with Crippen molar-refractivity contribution < 1.29 is 0 Å². The second-order valence-corrected chi connectivity index (χ2v) is 3.27. The van der Waals surface area contributed by atoms with Crippen molar-refractivity contribution in [2.45, 2.75) is 26.2 Å². The van der Waals surface area contributed by atoms with Gasteiger partial charge in [0, 0.05) is 5.25 Å². The van der Waals surface area contributed by atoms with Gasteiger partial charge in [-0.1, -0.05) is 13.3 Å². The molecule has 0 atom stereocenters. The molecule has 0 spiro atoms. The molecule has 0 bridgehead atoms. The lowest BCUT2D eigenvalue weighted by Crippen LogP contribution is -2.03. The lowest BCUT2D eigenvalue weighted by molar-refractivity contribution is 0.626. The van der Waals surface area contributed by atoms with Crippen LogP contribution in [-0.4, -0.2) is 5.75 Å². The van der Waals surface area contributed by atoms with Crippen LogP contribution in [0.3, 0.4) is 0 Å². The van der Waals surface area contributed by atoms with Crippen LogP contribution in [0.4, 0.5) is 0 Å². The van der Waals surface area contributed by atoms with Crippen molar-refractivity contribution in [2.75, 3.05) is 5.75 Å². The molecule has 0 saturated heterocycles. The highest BCUT2D eigenvalue weighted by molar-refractivity contribution is 8.02.